The molecule has 8 heteroatoms. The highest BCUT2D eigenvalue weighted by Crippen LogP contribution is 2.33. The maximum atomic E-state index is 14.0. The van der Waals surface area contributed by atoms with Gasteiger partial charge in [-0.2, -0.15) is 0 Å². The number of aromatic hydroxyl groups is 1. The van der Waals surface area contributed by atoms with Crippen molar-refractivity contribution in [3.05, 3.63) is 48.3 Å². The Morgan fingerprint density at radius 3 is 2.80 bits per heavy atom. The first-order chi connectivity index (χ1) is 14.6. The van der Waals surface area contributed by atoms with Crippen molar-refractivity contribution < 1.29 is 23.8 Å². The molecule has 1 amide bonds. The van der Waals surface area contributed by atoms with Gasteiger partial charge in [-0.15, -0.1) is 0 Å². The van der Waals surface area contributed by atoms with Crippen molar-refractivity contribution in [2.75, 3.05) is 19.9 Å². The molecule has 3 heterocycles. The minimum absolute atomic E-state index is 0.232. The van der Waals surface area contributed by atoms with E-state index in [1.54, 1.807) is 27.9 Å². The molecule has 3 aromatic rings. The van der Waals surface area contributed by atoms with Crippen LogP contribution >= 0.6 is 0 Å². The summed E-state index contributed by atoms with van der Waals surface area (Å²) in [5, 5.41) is 9.70. The molecule has 2 aromatic heterocycles. The summed E-state index contributed by atoms with van der Waals surface area (Å²) in [5.74, 6) is -0.599. The molecule has 4 rings (SSSR count). The van der Waals surface area contributed by atoms with Gasteiger partial charge in [-0.3, -0.25) is 0 Å². The Labute approximate surface area is 173 Å². The maximum Gasteiger partial charge on any atom is 0.412 e. The van der Waals surface area contributed by atoms with E-state index in [0.717, 1.165) is 24.8 Å². The predicted molar refractivity (Wildman–Crippen MR) is 109 cm³/mol. The molecule has 0 unspecified atom stereocenters. The molecule has 1 saturated heterocycles. The Hall–Kier alpha value is -3.29. The molecule has 1 aliphatic rings. The lowest BCUT2D eigenvalue weighted by atomic mass is 9.98. The number of phenols is 1. The van der Waals surface area contributed by atoms with Gasteiger partial charge in [-0.25, -0.2) is 14.2 Å². The van der Waals surface area contributed by atoms with Gasteiger partial charge in [0.1, 0.15) is 11.3 Å². The van der Waals surface area contributed by atoms with Crippen molar-refractivity contribution in [2.24, 2.45) is 0 Å². The Balaban J connectivity index is 1.58. The highest BCUT2D eigenvalue weighted by atomic mass is 19.1. The van der Waals surface area contributed by atoms with Crippen LogP contribution in [0.1, 0.15) is 31.7 Å². The van der Waals surface area contributed by atoms with Crippen molar-refractivity contribution in [3.8, 4) is 22.6 Å². The number of piperidine rings is 1. The van der Waals surface area contributed by atoms with E-state index in [4.69, 9.17) is 9.47 Å². The highest BCUT2D eigenvalue weighted by Gasteiger charge is 2.18. The quantitative estimate of drug-likeness (QED) is 0.629. The molecule has 0 radical (unpaired) electrons. The van der Waals surface area contributed by atoms with Gasteiger partial charge >= 0.3 is 6.09 Å². The molecule has 7 nitrogen and oxygen atoms in total. The average molecular weight is 413 g/mol. The normalized spacial score (nSPS) is 14.1. The number of rotatable bonds is 5. The fourth-order valence-corrected chi connectivity index (χ4v) is 3.74. The maximum absolute atomic E-state index is 14.0. The van der Waals surface area contributed by atoms with Crippen molar-refractivity contribution >= 4 is 11.6 Å². The lowest BCUT2D eigenvalue weighted by Gasteiger charge is -2.25. The largest absolute Gasteiger partial charge is 0.505 e. The summed E-state index contributed by atoms with van der Waals surface area (Å²) in [6, 6.07) is 4.51. The van der Waals surface area contributed by atoms with Gasteiger partial charge in [0.25, 0.3) is 0 Å². The monoisotopic (exact) mass is 413 g/mol. The number of hydrogen-bond donors (Lipinski definition) is 1. The van der Waals surface area contributed by atoms with Crippen LogP contribution in [-0.2, 0) is 11.2 Å². The number of fused-ring (bicyclic) bond motifs is 1. The molecular formula is C22H24FN3O4. The Morgan fingerprint density at radius 2 is 2.03 bits per heavy atom. The van der Waals surface area contributed by atoms with Crippen LogP contribution < -0.4 is 4.74 Å². The van der Waals surface area contributed by atoms with Crippen LogP contribution in [0.4, 0.5) is 9.18 Å². The zero-order valence-electron chi connectivity index (χ0n) is 16.8. The van der Waals surface area contributed by atoms with Gasteiger partial charge in [0.05, 0.1) is 12.5 Å². The second-order valence-corrected chi connectivity index (χ2v) is 7.31. The van der Waals surface area contributed by atoms with Gasteiger partial charge in [0.2, 0.25) is 6.79 Å². The summed E-state index contributed by atoms with van der Waals surface area (Å²) >= 11 is 0. The van der Waals surface area contributed by atoms with Crippen LogP contribution in [0.15, 0.2) is 36.9 Å². The van der Waals surface area contributed by atoms with Gasteiger partial charge in [-0.1, -0.05) is 6.92 Å². The fourth-order valence-electron chi connectivity index (χ4n) is 3.74. The lowest BCUT2D eigenvalue weighted by Crippen LogP contribution is -2.36. The number of ether oxygens (including phenoxy) is 2. The molecule has 158 valence electrons. The molecule has 0 atom stereocenters. The molecule has 1 N–H and O–H groups in total. The zero-order chi connectivity index (χ0) is 21.1. The van der Waals surface area contributed by atoms with E-state index < -0.39 is 5.82 Å². The molecule has 0 spiro atoms. The molecule has 1 aromatic carbocycles. The molecule has 0 bridgehead atoms. The number of hydrogen-bond acceptors (Lipinski definition) is 5. The van der Waals surface area contributed by atoms with Gasteiger partial charge in [0.15, 0.2) is 11.6 Å². The first-order valence-electron chi connectivity index (χ1n) is 10.1. The molecule has 0 saturated carbocycles. The first-order valence-corrected chi connectivity index (χ1v) is 10.1. The third kappa shape index (κ3) is 4.03. The SMILES string of the molecule is CCc1cc(O)c(F)cc1-c1cc(OCOC(=O)N2CCCCC2)c2cncn2c1. The van der Waals surface area contributed by atoms with E-state index in [-0.39, 0.29) is 18.6 Å². The fraction of sp³-hybridized carbons (Fsp3) is 0.364. The number of nitrogens with zero attached hydrogens (tertiary/aromatic N) is 3. The van der Waals surface area contributed by atoms with Crippen LogP contribution in [0.2, 0.25) is 0 Å². The zero-order valence-corrected chi connectivity index (χ0v) is 16.8. The molecule has 0 aliphatic carbocycles. The number of aromatic nitrogens is 2. The van der Waals surface area contributed by atoms with Crippen molar-refractivity contribution in [3.63, 3.8) is 0 Å². The van der Waals surface area contributed by atoms with E-state index in [1.807, 2.05) is 13.1 Å². The second kappa shape index (κ2) is 8.61. The van der Waals surface area contributed by atoms with E-state index in [2.05, 4.69) is 4.98 Å². The van der Waals surface area contributed by atoms with Crippen molar-refractivity contribution in [1.29, 1.82) is 0 Å². The van der Waals surface area contributed by atoms with Gasteiger partial charge < -0.3 is 23.9 Å². The van der Waals surface area contributed by atoms with Gasteiger partial charge in [0, 0.05) is 24.8 Å². The number of carbonyl (C=O) groups is 1. The summed E-state index contributed by atoms with van der Waals surface area (Å²) < 4.78 is 26.8. The van der Waals surface area contributed by atoms with E-state index >= 15 is 0 Å². The standard InChI is InChI=1S/C22H24FN3O4/c1-2-15-8-20(27)18(23)10-17(15)16-9-21(19-11-24-13-26(19)12-16)29-14-30-22(28)25-6-4-3-5-7-25/h8-13,27H,2-7,14H2,1H3. The number of carbonyl (C=O) groups excluding carboxylic acids is 1. The van der Waals surface area contributed by atoms with Crippen molar-refractivity contribution in [1.82, 2.24) is 14.3 Å². The first kappa shape index (κ1) is 20.0. The number of benzene rings is 1. The number of imidazole rings is 1. The molecule has 1 fully saturated rings. The summed E-state index contributed by atoms with van der Waals surface area (Å²) in [4.78, 5) is 18.0. The smallest absolute Gasteiger partial charge is 0.412 e. The third-order valence-electron chi connectivity index (χ3n) is 5.36. The second-order valence-electron chi connectivity index (χ2n) is 7.31. The summed E-state index contributed by atoms with van der Waals surface area (Å²) in [6.07, 6.45) is 8.41. The van der Waals surface area contributed by atoms with Crippen molar-refractivity contribution in [2.45, 2.75) is 32.6 Å². The number of aryl methyl sites for hydroxylation is 1. The number of likely N-dealkylation sites (tertiary alicyclic amines) is 1. The number of amides is 1. The number of phenolic OH excluding ortho intramolecular Hbond substituents is 1. The Kier molecular flexibility index (Phi) is 5.74. The average Bonchev–Trinajstić information content (AvgIpc) is 3.24. The van der Waals surface area contributed by atoms with Gasteiger partial charge in [-0.05, 0) is 55.0 Å². The van der Waals surface area contributed by atoms with Crippen LogP contribution in [0.25, 0.3) is 16.6 Å². The predicted octanol–water partition coefficient (Wildman–Crippen LogP) is 4.37. The molecule has 30 heavy (non-hydrogen) atoms. The number of halogens is 1. The van der Waals surface area contributed by atoms with Crippen LogP contribution in [0, 0.1) is 5.82 Å². The molecule has 1 aliphatic heterocycles. The number of pyridine rings is 1. The summed E-state index contributed by atoms with van der Waals surface area (Å²) in [5.41, 5.74) is 2.85. The van der Waals surface area contributed by atoms with E-state index in [0.29, 0.717) is 41.9 Å². The highest BCUT2D eigenvalue weighted by molar-refractivity contribution is 5.74. The molecular weight excluding hydrogens is 389 g/mol. The van der Waals surface area contributed by atoms with Crippen LogP contribution in [-0.4, -0.2) is 45.4 Å². The minimum Gasteiger partial charge on any atom is -0.505 e. The summed E-state index contributed by atoms with van der Waals surface area (Å²) in [7, 11) is 0. The van der Waals surface area contributed by atoms with E-state index in [1.165, 1.54) is 12.1 Å². The van der Waals surface area contributed by atoms with Crippen LogP contribution in [0.5, 0.6) is 11.5 Å². The van der Waals surface area contributed by atoms with E-state index in [9.17, 15) is 14.3 Å². The minimum atomic E-state index is -0.689. The summed E-state index contributed by atoms with van der Waals surface area (Å²) in [6.45, 7) is 3.11. The Bertz CT molecular complexity index is 1060. The lowest BCUT2D eigenvalue weighted by molar-refractivity contribution is 0.0322. The van der Waals surface area contributed by atoms with Crippen LogP contribution in [0.3, 0.4) is 0 Å². The topological polar surface area (TPSA) is 76.3 Å². The third-order valence-corrected chi connectivity index (χ3v) is 5.36. The Morgan fingerprint density at radius 1 is 1.23 bits per heavy atom.